The molecule has 54 valence electrons. The van der Waals surface area contributed by atoms with Crippen molar-refractivity contribution < 1.29 is 5.11 Å². The van der Waals surface area contributed by atoms with Crippen LogP contribution in [0.2, 0.25) is 0 Å². The van der Waals surface area contributed by atoms with Gasteiger partial charge in [0.2, 0.25) is 0 Å². The number of phenols is 1. The summed E-state index contributed by atoms with van der Waals surface area (Å²) in [5, 5.41) is 12.2. The minimum absolute atomic E-state index is 0.358. The molecule has 0 aliphatic carbocycles. The monoisotopic (exact) mass is 137 g/mol. The van der Waals surface area contributed by atoms with Crippen LogP contribution < -0.4 is 5.32 Å². The molecule has 2 nitrogen and oxygen atoms in total. The molecule has 1 rings (SSSR count). The largest absolute Gasteiger partial charge is 0.508 e. The van der Waals surface area contributed by atoms with Gasteiger partial charge >= 0.3 is 0 Å². The highest BCUT2D eigenvalue weighted by atomic mass is 16.3. The van der Waals surface area contributed by atoms with E-state index in [1.54, 1.807) is 6.07 Å². The summed E-state index contributed by atoms with van der Waals surface area (Å²) in [6.07, 6.45) is 0. The molecule has 0 saturated carbocycles. The van der Waals surface area contributed by atoms with Crippen LogP contribution in [0.1, 0.15) is 5.56 Å². The highest BCUT2D eigenvalue weighted by Crippen LogP contribution is 2.14. The average Bonchev–Trinajstić information content (AvgIpc) is 1.94. The molecule has 0 aliphatic rings. The Morgan fingerprint density at radius 2 is 2.10 bits per heavy atom. The van der Waals surface area contributed by atoms with E-state index < -0.39 is 0 Å². The van der Waals surface area contributed by atoms with Crippen LogP contribution in [0.15, 0.2) is 24.3 Å². The predicted octanol–water partition coefficient (Wildman–Crippen LogP) is 1.11. The van der Waals surface area contributed by atoms with Gasteiger partial charge in [0.1, 0.15) is 5.75 Å². The Bertz CT molecular complexity index is 210. The van der Waals surface area contributed by atoms with Crippen LogP contribution in [-0.4, -0.2) is 12.2 Å². The molecule has 2 N–H and O–H groups in total. The van der Waals surface area contributed by atoms with Crippen molar-refractivity contribution in [1.82, 2.24) is 5.32 Å². The first-order chi connectivity index (χ1) is 4.84. The minimum atomic E-state index is 0.358. The lowest BCUT2D eigenvalue weighted by Gasteiger charge is -2.00. The average molecular weight is 137 g/mol. The zero-order valence-electron chi connectivity index (χ0n) is 5.96. The van der Waals surface area contributed by atoms with Crippen LogP contribution in [0.4, 0.5) is 0 Å². The molecule has 10 heavy (non-hydrogen) atoms. The number of aromatic hydroxyl groups is 1. The summed E-state index contributed by atoms with van der Waals surface area (Å²) >= 11 is 0. The van der Waals surface area contributed by atoms with Crippen LogP contribution in [0.3, 0.4) is 0 Å². The van der Waals surface area contributed by atoms with E-state index in [1.807, 2.05) is 25.2 Å². The lowest BCUT2D eigenvalue weighted by atomic mass is 10.2. The van der Waals surface area contributed by atoms with Gasteiger partial charge in [-0.1, -0.05) is 18.2 Å². The Morgan fingerprint density at radius 1 is 1.40 bits per heavy atom. The van der Waals surface area contributed by atoms with Gasteiger partial charge in [-0.2, -0.15) is 0 Å². The number of hydrogen-bond donors (Lipinski definition) is 2. The molecule has 1 aromatic carbocycles. The zero-order chi connectivity index (χ0) is 7.40. The number of hydrogen-bond acceptors (Lipinski definition) is 2. The summed E-state index contributed by atoms with van der Waals surface area (Å²) in [4.78, 5) is 0. The summed E-state index contributed by atoms with van der Waals surface area (Å²) in [7, 11) is 1.85. The molecule has 0 bridgehead atoms. The Morgan fingerprint density at radius 3 is 2.70 bits per heavy atom. The number of nitrogens with one attached hydrogen (secondary N) is 1. The van der Waals surface area contributed by atoms with Crippen molar-refractivity contribution in [2.24, 2.45) is 0 Å². The third kappa shape index (κ3) is 1.48. The fourth-order valence-corrected chi connectivity index (χ4v) is 0.851. The van der Waals surface area contributed by atoms with Gasteiger partial charge in [-0.25, -0.2) is 0 Å². The van der Waals surface area contributed by atoms with Gasteiger partial charge in [0, 0.05) is 12.1 Å². The van der Waals surface area contributed by atoms with E-state index in [2.05, 4.69) is 5.32 Å². The lowest BCUT2D eigenvalue weighted by molar-refractivity contribution is 0.466. The predicted molar refractivity (Wildman–Crippen MR) is 40.9 cm³/mol. The van der Waals surface area contributed by atoms with Gasteiger partial charge in [0.05, 0.1) is 0 Å². The molecule has 0 spiro atoms. The second-order valence-corrected chi connectivity index (χ2v) is 2.16. The van der Waals surface area contributed by atoms with Gasteiger partial charge in [-0.05, 0) is 13.1 Å². The molecule has 0 aromatic heterocycles. The van der Waals surface area contributed by atoms with E-state index in [9.17, 15) is 5.11 Å². The Hall–Kier alpha value is -1.02. The van der Waals surface area contributed by atoms with E-state index >= 15 is 0 Å². The molecular weight excluding hydrogens is 126 g/mol. The summed E-state index contributed by atoms with van der Waals surface area (Å²) in [5.41, 5.74) is 0.935. The molecule has 0 saturated heterocycles. The van der Waals surface area contributed by atoms with Crippen LogP contribution in [0, 0.1) is 0 Å². The zero-order valence-corrected chi connectivity index (χ0v) is 5.96. The van der Waals surface area contributed by atoms with E-state index in [0.29, 0.717) is 12.3 Å². The van der Waals surface area contributed by atoms with E-state index in [1.165, 1.54) is 0 Å². The van der Waals surface area contributed by atoms with Crippen LogP contribution >= 0.6 is 0 Å². The Balaban J connectivity index is 2.81. The first kappa shape index (κ1) is 7.09. The van der Waals surface area contributed by atoms with E-state index in [0.717, 1.165) is 5.56 Å². The summed E-state index contributed by atoms with van der Waals surface area (Å²) < 4.78 is 0. The molecule has 1 aromatic rings. The minimum Gasteiger partial charge on any atom is -0.508 e. The fourth-order valence-electron chi connectivity index (χ4n) is 0.851. The Labute approximate surface area is 60.5 Å². The van der Waals surface area contributed by atoms with Crippen molar-refractivity contribution in [2.75, 3.05) is 7.05 Å². The second-order valence-electron chi connectivity index (χ2n) is 2.16. The molecular formula is C8H11NO. The van der Waals surface area contributed by atoms with Crippen molar-refractivity contribution in [2.45, 2.75) is 6.54 Å². The first-order valence-corrected chi connectivity index (χ1v) is 3.26. The number of benzene rings is 1. The van der Waals surface area contributed by atoms with Gasteiger partial charge in [-0.15, -0.1) is 0 Å². The van der Waals surface area contributed by atoms with Crippen molar-refractivity contribution in [3.05, 3.63) is 29.8 Å². The summed E-state index contributed by atoms with van der Waals surface area (Å²) in [6, 6.07) is 7.30. The molecule has 0 unspecified atom stereocenters. The quantitative estimate of drug-likeness (QED) is 0.640. The van der Waals surface area contributed by atoms with Crippen molar-refractivity contribution in [3.63, 3.8) is 0 Å². The standard InChI is InChI=1S/C8H11NO/c1-9-6-7-4-2-3-5-8(7)10/h2-5,9-10H,6H2,1H3. The SMILES string of the molecule is CNCc1ccccc1O. The smallest absolute Gasteiger partial charge is 0.120 e. The molecule has 0 radical (unpaired) electrons. The third-order valence-electron chi connectivity index (χ3n) is 1.36. The molecule has 2 heteroatoms. The third-order valence-corrected chi connectivity index (χ3v) is 1.36. The van der Waals surface area contributed by atoms with E-state index in [4.69, 9.17) is 0 Å². The maximum absolute atomic E-state index is 9.20. The molecule has 0 aliphatic heterocycles. The normalized spacial score (nSPS) is 9.70. The molecule has 0 amide bonds. The van der Waals surface area contributed by atoms with Crippen molar-refractivity contribution in [1.29, 1.82) is 0 Å². The number of para-hydroxylation sites is 1. The maximum atomic E-state index is 9.20. The first-order valence-electron chi connectivity index (χ1n) is 3.26. The second kappa shape index (κ2) is 3.22. The fraction of sp³-hybridized carbons (Fsp3) is 0.250. The summed E-state index contributed by atoms with van der Waals surface area (Å²) in [6.45, 7) is 0.715. The van der Waals surface area contributed by atoms with Crippen LogP contribution in [0.5, 0.6) is 5.75 Å². The molecule has 0 atom stereocenters. The highest BCUT2D eigenvalue weighted by Gasteiger charge is 1.94. The highest BCUT2D eigenvalue weighted by molar-refractivity contribution is 5.31. The van der Waals surface area contributed by atoms with E-state index in [-0.39, 0.29) is 0 Å². The Kier molecular flexibility index (Phi) is 2.29. The maximum Gasteiger partial charge on any atom is 0.120 e. The number of rotatable bonds is 2. The topological polar surface area (TPSA) is 32.3 Å². The lowest BCUT2D eigenvalue weighted by Crippen LogP contribution is -2.04. The molecule has 0 fully saturated rings. The summed E-state index contributed by atoms with van der Waals surface area (Å²) in [5.74, 6) is 0.358. The van der Waals surface area contributed by atoms with Crippen molar-refractivity contribution in [3.8, 4) is 5.75 Å². The van der Waals surface area contributed by atoms with Gasteiger partial charge in [-0.3, -0.25) is 0 Å². The van der Waals surface area contributed by atoms with Crippen LogP contribution in [-0.2, 0) is 6.54 Å². The van der Waals surface area contributed by atoms with Crippen LogP contribution in [0.25, 0.3) is 0 Å². The number of phenolic OH excluding ortho intramolecular Hbond substituents is 1. The molecule has 0 heterocycles. The van der Waals surface area contributed by atoms with Gasteiger partial charge < -0.3 is 10.4 Å². The van der Waals surface area contributed by atoms with Gasteiger partial charge in [0.25, 0.3) is 0 Å². The van der Waals surface area contributed by atoms with Gasteiger partial charge in [0.15, 0.2) is 0 Å². The van der Waals surface area contributed by atoms with Crippen molar-refractivity contribution >= 4 is 0 Å².